The van der Waals surface area contributed by atoms with Crippen molar-refractivity contribution < 1.29 is 14.1 Å². The lowest BCUT2D eigenvalue weighted by molar-refractivity contribution is 0.0820. The molecule has 2 amide bonds. The second kappa shape index (κ2) is 5.53. The molecule has 0 saturated heterocycles. The van der Waals surface area contributed by atoms with Crippen LogP contribution in [0.5, 0.6) is 0 Å². The van der Waals surface area contributed by atoms with E-state index in [9.17, 15) is 9.59 Å². The number of nitrogen functional groups attached to an aromatic ring is 1. The van der Waals surface area contributed by atoms with Crippen LogP contribution in [0.1, 0.15) is 26.7 Å². The van der Waals surface area contributed by atoms with Crippen molar-refractivity contribution >= 4 is 11.8 Å². The molecule has 0 aliphatic carbocycles. The van der Waals surface area contributed by atoms with Gasteiger partial charge in [-0.3, -0.25) is 19.7 Å². The Morgan fingerprint density at radius 1 is 1.45 bits per heavy atom. The standard InChI is InChI=1S/C11H14N6O3/c1-16(2)11(19)8-3-4-17(14-8)6-7-5-9(15-20-7)10(18)13-12/h3-5H,6,12H2,1-2H3,(H,13,18). The summed E-state index contributed by atoms with van der Waals surface area (Å²) in [5.74, 6) is 4.69. The molecule has 20 heavy (non-hydrogen) atoms. The van der Waals surface area contributed by atoms with Crippen molar-refractivity contribution in [1.29, 1.82) is 0 Å². The van der Waals surface area contributed by atoms with Crippen molar-refractivity contribution in [2.45, 2.75) is 6.54 Å². The lowest BCUT2D eigenvalue weighted by Crippen LogP contribution is -2.30. The van der Waals surface area contributed by atoms with Crippen LogP contribution in [0.2, 0.25) is 0 Å². The molecule has 0 bridgehead atoms. The highest BCUT2D eigenvalue weighted by Gasteiger charge is 2.14. The van der Waals surface area contributed by atoms with Crippen molar-refractivity contribution in [3.8, 4) is 0 Å². The van der Waals surface area contributed by atoms with Gasteiger partial charge in [0.25, 0.3) is 11.8 Å². The Hall–Kier alpha value is -2.68. The third-order valence-corrected chi connectivity index (χ3v) is 2.51. The van der Waals surface area contributed by atoms with Gasteiger partial charge in [0.1, 0.15) is 12.2 Å². The van der Waals surface area contributed by atoms with Crippen LogP contribution in [0.15, 0.2) is 22.9 Å². The molecule has 0 aromatic carbocycles. The summed E-state index contributed by atoms with van der Waals surface area (Å²) in [6, 6.07) is 3.06. The minimum atomic E-state index is -0.538. The maximum absolute atomic E-state index is 11.7. The van der Waals surface area contributed by atoms with E-state index < -0.39 is 5.91 Å². The summed E-state index contributed by atoms with van der Waals surface area (Å²) in [6.07, 6.45) is 1.64. The highest BCUT2D eigenvalue weighted by molar-refractivity contribution is 5.92. The van der Waals surface area contributed by atoms with Gasteiger partial charge in [0, 0.05) is 26.4 Å². The predicted molar refractivity (Wildman–Crippen MR) is 67.5 cm³/mol. The zero-order valence-corrected chi connectivity index (χ0v) is 11.0. The van der Waals surface area contributed by atoms with E-state index in [0.717, 1.165) is 0 Å². The van der Waals surface area contributed by atoms with Crippen LogP contribution in [-0.4, -0.2) is 45.7 Å². The minimum Gasteiger partial charge on any atom is -0.359 e. The number of amides is 2. The number of nitrogens with two attached hydrogens (primary N) is 1. The number of hydrazine groups is 1. The summed E-state index contributed by atoms with van der Waals surface area (Å²) < 4.78 is 6.50. The Balaban J connectivity index is 2.09. The Bertz CT molecular complexity index is 630. The van der Waals surface area contributed by atoms with E-state index in [-0.39, 0.29) is 18.1 Å². The summed E-state index contributed by atoms with van der Waals surface area (Å²) in [5, 5.41) is 7.68. The van der Waals surface area contributed by atoms with Gasteiger partial charge >= 0.3 is 0 Å². The Morgan fingerprint density at radius 2 is 2.20 bits per heavy atom. The molecule has 0 unspecified atom stereocenters. The second-order valence-electron chi connectivity index (χ2n) is 4.25. The molecule has 2 heterocycles. The molecular weight excluding hydrogens is 264 g/mol. The zero-order valence-electron chi connectivity index (χ0n) is 11.0. The molecule has 0 aliphatic rings. The predicted octanol–water partition coefficient (Wildman–Crippen LogP) is -0.775. The Labute approximate surface area is 114 Å². The lowest BCUT2D eigenvalue weighted by atomic mass is 10.3. The number of nitrogens with one attached hydrogen (secondary N) is 1. The molecule has 9 heteroatoms. The Morgan fingerprint density at radius 3 is 2.85 bits per heavy atom. The number of carbonyl (C=O) groups is 2. The fourth-order valence-corrected chi connectivity index (χ4v) is 1.52. The molecule has 3 N–H and O–H groups in total. The van der Waals surface area contributed by atoms with E-state index in [1.54, 1.807) is 26.4 Å². The summed E-state index contributed by atoms with van der Waals surface area (Å²) >= 11 is 0. The fourth-order valence-electron chi connectivity index (χ4n) is 1.52. The molecule has 2 rings (SSSR count). The third-order valence-electron chi connectivity index (χ3n) is 2.51. The molecule has 0 fully saturated rings. The number of carbonyl (C=O) groups excluding carboxylic acids is 2. The summed E-state index contributed by atoms with van der Waals surface area (Å²) in [6.45, 7) is 0.256. The van der Waals surface area contributed by atoms with Crippen LogP contribution in [0.25, 0.3) is 0 Å². The molecule has 0 radical (unpaired) electrons. The molecular formula is C11H14N6O3. The van der Waals surface area contributed by atoms with Crippen molar-refractivity contribution in [3.63, 3.8) is 0 Å². The molecule has 0 saturated carbocycles. The molecule has 2 aromatic rings. The van der Waals surface area contributed by atoms with E-state index in [1.807, 2.05) is 5.43 Å². The lowest BCUT2D eigenvalue weighted by Gasteiger charge is -2.06. The number of hydrogen-bond acceptors (Lipinski definition) is 6. The number of aromatic nitrogens is 3. The van der Waals surface area contributed by atoms with Gasteiger partial charge < -0.3 is 9.42 Å². The van der Waals surface area contributed by atoms with Crippen molar-refractivity contribution in [1.82, 2.24) is 25.3 Å². The summed E-state index contributed by atoms with van der Waals surface area (Å²) in [5.41, 5.74) is 2.37. The van der Waals surface area contributed by atoms with E-state index in [0.29, 0.717) is 11.5 Å². The highest BCUT2D eigenvalue weighted by atomic mass is 16.5. The fraction of sp³-hybridized carbons (Fsp3) is 0.273. The van der Waals surface area contributed by atoms with Crippen molar-refractivity contribution in [2.24, 2.45) is 5.84 Å². The SMILES string of the molecule is CN(C)C(=O)c1ccn(Cc2cc(C(=O)NN)no2)n1. The average molecular weight is 278 g/mol. The Kier molecular flexibility index (Phi) is 3.80. The first kappa shape index (κ1) is 13.7. The van der Waals surface area contributed by atoms with Gasteiger partial charge in [-0.2, -0.15) is 5.10 Å². The maximum Gasteiger partial charge on any atom is 0.287 e. The smallest absolute Gasteiger partial charge is 0.287 e. The van der Waals surface area contributed by atoms with Crippen molar-refractivity contribution in [2.75, 3.05) is 14.1 Å². The maximum atomic E-state index is 11.7. The summed E-state index contributed by atoms with van der Waals surface area (Å²) in [7, 11) is 3.30. The highest BCUT2D eigenvalue weighted by Crippen LogP contribution is 2.07. The van der Waals surface area contributed by atoms with Gasteiger partial charge in [-0.15, -0.1) is 0 Å². The van der Waals surface area contributed by atoms with Crippen LogP contribution < -0.4 is 11.3 Å². The molecule has 0 aliphatic heterocycles. The van der Waals surface area contributed by atoms with E-state index in [2.05, 4.69) is 10.3 Å². The van der Waals surface area contributed by atoms with E-state index in [1.165, 1.54) is 15.6 Å². The monoisotopic (exact) mass is 278 g/mol. The first-order valence-electron chi connectivity index (χ1n) is 5.73. The normalized spacial score (nSPS) is 10.3. The molecule has 0 spiro atoms. The van der Waals surface area contributed by atoms with Gasteiger partial charge in [-0.1, -0.05) is 5.16 Å². The first-order valence-corrected chi connectivity index (χ1v) is 5.73. The number of rotatable bonds is 4. The van der Waals surface area contributed by atoms with Gasteiger partial charge in [0.05, 0.1) is 0 Å². The first-order chi connectivity index (χ1) is 9.51. The van der Waals surface area contributed by atoms with E-state index in [4.69, 9.17) is 10.4 Å². The molecule has 2 aromatic heterocycles. The zero-order chi connectivity index (χ0) is 14.7. The minimum absolute atomic E-state index is 0.0826. The van der Waals surface area contributed by atoms with E-state index >= 15 is 0 Å². The number of hydrogen-bond donors (Lipinski definition) is 2. The van der Waals surface area contributed by atoms with Gasteiger partial charge in [0.15, 0.2) is 11.5 Å². The summed E-state index contributed by atoms with van der Waals surface area (Å²) in [4.78, 5) is 24.3. The largest absolute Gasteiger partial charge is 0.359 e. The van der Waals surface area contributed by atoms with Gasteiger partial charge in [-0.05, 0) is 6.07 Å². The van der Waals surface area contributed by atoms with Crippen LogP contribution >= 0.6 is 0 Å². The van der Waals surface area contributed by atoms with Crippen LogP contribution in [0, 0.1) is 0 Å². The van der Waals surface area contributed by atoms with Gasteiger partial charge in [-0.25, -0.2) is 5.84 Å². The second-order valence-corrected chi connectivity index (χ2v) is 4.25. The molecule has 0 atom stereocenters. The van der Waals surface area contributed by atoms with Crippen LogP contribution in [0.3, 0.4) is 0 Å². The third kappa shape index (κ3) is 2.83. The topological polar surface area (TPSA) is 119 Å². The molecule has 106 valence electrons. The quantitative estimate of drug-likeness (QED) is 0.430. The number of nitrogens with zero attached hydrogens (tertiary/aromatic N) is 4. The van der Waals surface area contributed by atoms with Gasteiger partial charge in [0.2, 0.25) is 0 Å². The van der Waals surface area contributed by atoms with Crippen LogP contribution in [-0.2, 0) is 6.54 Å². The molecule has 9 nitrogen and oxygen atoms in total. The van der Waals surface area contributed by atoms with Crippen molar-refractivity contribution in [3.05, 3.63) is 35.5 Å². The van der Waals surface area contributed by atoms with Crippen LogP contribution in [0.4, 0.5) is 0 Å². The average Bonchev–Trinajstić information content (AvgIpc) is 3.06.